The first-order valence-corrected chi connectivity index (χ1v) is 4.99. The Labute approximate surface area is 85.8 Å². The lowest BCUT2D eigenvalue weighted by atomic mass is 10.4. The van der Waals surface area contributed by atoms with E-state index in [0.717, 1.165) is 0 Å². The third-order valence-electron chi connectivity index (χ3n) is 1.47. The number of carbonyl (C=O) groups excluding carboxylic acids is 1. The Morgan fingerprint density at radius 3 is 2.64 bits per heavy atom. The number of ether oxygens (including phenoxy) is 2. The van der Waals surface area contributed by atoms with Crippen molar-refractivity contribution in [3.63, 3.8) is 0 Å². The van der Waals surface area contributed by atoms with E-state index >= 15 is 0 Å². The fourth-order valence-corrected chi connectivity index (χ4v) is 1.18. The number of methoxy groups -OCH3 is 2. The first-order valence-electron chi connectivity index (χ1n) is 3.76. The van der Waals surface area contributed by atoms with Crippen LogP contribution in [0.3, 0.4) is 0 Å². The highest BCUT2D eigenvalue weighted by molar-refractivity contribution is 7.98. The fourth-order valence-electron chi connectivity index (χ4n) is 0.809. The number of aromatic nitrogens is 2. The van der Waals surface area contributed by atoms with E-state index in [9.17, 15) is 4.79 Å². The molecule has 0 spiro atoms. The van der Waals surface area contributed by atoms with Gasteiger partial charge in [-0.25, -0.2) is 9.78 Å². The summed E-state index contributed by atoms with van der Waals surface area (Å²) in [4.78, 5) is 19.1. The zero-order chi connectivity index (χ0) is 10.6. The molecule has 0 atom stereocenters. The molecule has 14 heavy (non-hydrogen) atoms. The van der Waals surface area contributed by atoms with Gasteiger partial charge in [0.15, 0.2) is 10.9 Å². The van der Waals surface area contributed by atoms with Gasteiger partial charge in [-0.05, 0) is 6.26 Å². The zero-order valence-corrected chi connectivity index (χ0v) is 8.92. The maximum atomic E-state index is 11.2. The molecule has 0 aliphatic carbocycles. The van der Waals surface area contributed by atoms with Crippen molar-refractivity contribution in [2.45, 2.75) is 5.16 Å². The molecule has 0 radical (unpaired) electrons. The highest BCUT2D eigenvalue weighted by atomic mass is 32.2. The molecule has 0 saturated carbocycles. The molecule has 0 unspecified atom stereocenters. The fraction of sp³-hybridized carbons (Fsp3) is 0.375. The lowest BCUT2D eigenvalue weighted by Gasteiger charge is -2.03. The standard InChI is InChI=1S/C8H10N2O3S/c1-12-6-4-5(7(11)13-2)9-8(10-6)14-3/h4H,1-3H3. The molecular weight excluding hydrogens is 204 g/mol. The van der Waals surface area contributed by atoms with Crippen LogP contribution >= 0.6 is 11.8 Å². The van der Waals surface area contributed by atoms with Crippen molar-refractivity contribution >= 4 is 17.7 Å². The highest BCUT2D eigenvalue weighted by Crippen LogP contribution is 2.15. The molecule has 1 rings (SSSR count). The van der Waals surface area contributed by atoms with Crippen LogP contribution in [0.5, 0.6) is 5.88 Å². The summed E-state index contributed by atoms with van der Waals surface area (Å²) in [6.45, 7) is 0. The van der Waals surface area contributed by atoms with Crippen LogP contribution < -0.4 is 4.74 Å². The van der Waals surface area contributed by atoms with Crippen LogP contribution in [0.4, 0.5) is 0 Å². The summed E-state index contributed by atoms with van der Waals surface area (Å²) in [5, 5.41) is 0.477. The van der Waals surface area contributed by atoms with E-state index in [1.54, 1.807) is 0 Å². The number of thioether (sulfide) groups is 1. The minimum Gasteiger partial charge on any atom is -0.481 e. The predicted octanol–water partition coefficient (Wildman–Crippen LogP) is 0.994. The summed E-state index contributed by atoms with van der Waals surface area (Å²) < 4.78 is 9.46. The number of hydrogen-bond donors (Lipinski definition) is 0. The number of carbonyl (C=O) groups is 1. The van der Waals surface area contributed by atoms with E-state index in [1.165, 1.54) is 32.0 Å². The summed E-state index contributed by atoms with van der Waals surface area (Å²) in [5.41, 5.74) is 0.198. The Balaban J connectivity index is 3.10. The van der Waals surface area contributed by atoms with Gasteiger partial charge in [-0.1, -0.05) is 11.8 Å². The summed E-state index contributed by atoms with van der Waals surface area (Å²) >= 11 is 1.33. The molecule has 6 heteroatoms. The number of nitrogens with zero attached hydrogens (tertiary/aromatic N) is 2. The minimum atomic E-state index is -0.499. The van der Waals surface area contributed by atoms with Crippen LogP contribution in [0.2, 0.25) is 0 Å². The molecule has 1 aromatic heterocycles. The second kappa shape index (κ2) is 4.80. The first kappa shape index (κ1) is 10.8. The summed E-state index contributed by atoms with van der Waals surface area (Å²) in [6.07, 6.45) is 1.82. The Hall–Kier alpha value is -1.30. The molecule has 0 fully saturated rings. The van der Waals surface area contributed by atoms with E-state index < -0.39 is 5.97 Å². The maximum absolute atomic E-state index is 11.2. The van der Waals surface area contributed by atoms with Gasteiger partial charge in [0.25, 0.3) is 0 Å². The maximum Gasteiger partial charge on any atom is 0.356 e. The number of hydrogen-bond acceptors (Lipinski definition) is 6. The van der Waals surface area contributed by atoms with E-state index in [2.05, 4.69) is 14.7 Å². The lowest BCUT2D eigenvalue weighted by molar-refractivity contribution is 0.0592. The lowest BCUT2D eigenvalue weighted by Crippen LogP contribution is -2.06. The molecule has 0 aliphatic rings. The van der Waals surface area contributed by atoms with Gasteiger partial charge in [0.05, 0.1) is 14.2 Å². The second-order valence-corrected chi connectivity index (χ2v) is 3.05. The van der Waals surface area contributed by atoms with Gasteiger partial charge in [0.1, 0.15) is 0 Å². The van der Waals surface area contributed by atoms with Crippen molar-refractivity contribution < 1.29 is 14.3 Å². The quantitative estimate of drug-likeness (QED) is 0.425. The third kappa shape index (κ3) is 2.35. The van der Waals surface area contributed by atoms with Gasteiger partial charge in [0, 0.05) is 6.07 Å². The molecule has 0 aromatic carbocycles. The summed E-state index contributed by atoms with van der Waals surface area (Å²) in [7, 11) is 2.78. The molecule has 0 N–H and O–H groups in total. The van der Waals surface area contributed by atoms with Crippen LogP contribution in [0.15, 0.2) is 11.2 Å². The number of rotatable bonds is 3. The minimum absolute atomic E-state index is 0.198. The molecule has 76 valence electrons. The first-order chi connectivity index (χ1) is 6.71. The average molecular weight is 214 g/mol. The van der Waals surface area contributed by atoms with Crippen LogP contribution in [0, 0.1) is 0 Å². The Morgan fingerprint density at radius 1 is 1.43 bits per heavy atom. The van der Waals surface area contributed by atoms with Crippen LogP contribution in [0.25, 0.3) is 0 Å². The van der Waals surface area contributed by atoms with Crippen molar-refractivity contribution in [1.82, 2.24) is 9.97 Å². The van der Waals surface area contributed by atoms with Gasteiger partial charge < -0.3 is 9.47 Å². The number of esters is 1. The van der Waals surface area contributed by atoms with E-state index in [1.807, 2.05) is 6.26 Å². The molecule has 1 aromatic rings. The van der Waals surface area contributed by atoms with Crippen molar-refractivity contribution in [2.24, 2.45) is 0 Å². The van der Waals surface area contributed by atoms with Crippen molar-refractivity contribution in [2.75, 3.05) is 20.5 Å². The van der Waals surface area contributed by atoms with Gasteiger partial charge in [-0.2, -0.15) is 4.98 Å². The average Bonchev–Trinajstić information content (AvgIpc) is 2.27. The topological polar surface area (TPSA) is 61.3 Å². The van der Waals surface area contributed by atoms with Gasteiger partial charge in [0.2, 0.25) is 5.88 Å². The normalized spacial score (nSPS) is 9.64. The third-order valence-corrected chi connectivity index (χ3v) is 2.02. The molecule has 0 bridgehead atoms. The van der Waals surface area contributed by atoms with Gasteiger partial charge >= 0.3 is 5.97 Å². The smallest absolute Gasteiger partial charge is 0.356 e. The monoisotopic (exact) mass is 214 g/mol. The molecular formula is C8H10N2O3S. The van der Waals surface area contributed by atoms with Crippen LogP contribution in [-0.2, 0) is 4.74 Å². The van der Waals surface area contributed by atoms with E-state index in [0.29, 0.717) is 11.0 Å². The molecule has 5 nitrogen and oxygen atoms in total. The SMILES string of the molecule is COC(=O)c1cc(OC)nc(SC)n1. The largest absolute Gasteiger partial charge is 0.481 e. The summed E-state index contributed by atoms with van der Waals surface area (Å²) in [5.74, 6) is -0.147. The Morgan fingerprint density at radius 2 is 2.14 bits per heavy atom. The predicted molar refractivity (Wildman–Crippen MR) is 51.7 cm³/mol. The van der Waals surface area contributed by atoms with Crippen LogP contribution in [0.1, 0.15) is 10.5 Å². The Bertz CT molecular complexity index is 321. The zero-order valence-electron chi connectivity index (χ0n) is 8.10. The van der Waals surface area contributed by atoms with E-state index in [4.69, 9.17) is 4.74 Å². The summed E-state index contributed by atoms with van der Waals surface area (Å²) in [6, 6.07) is 1.44. The van der Waals surface area contributed by atoms with Gasteiger partial charge in [-0.15, -0.1) is 0 Å². The second-order valence-electron chi connectivity index (χ2n) is 2.27. The molecule has 0 aliphatic heterocycles. The van der Waals surface area contributed by atoms with Crippen LogP contribution in [-0.4, -0.2) is 36.4 Å². The molecule has 0 amide bonds. The molecule has 0 saturated heterocycles. The van der Waals surface area contributed by atoms with Crippen molar-refractivity contribution in [3.05, 3.63) is 11.8 Å². The Kier molecular flexibility index (Phi) is 3.70. The highest BCUT2D eigenvalue weighted by Gasteiger charge is 2.11. The van der Waals surface area contributed by atoms with Gasteiger partial charge in [-0.3, -0.25) is 0 Å². The van der Waals surface area contributed by atoms with Crippen molar-refractivity contribution in [1.29, 1.82) is 0 Å². The van der Waals surface area contributed by atoms with E-state index in [-0.39, 0.29) is 5.69 Å². The van der Waals surface area contributed by atoms with Crippen molar-refractivity contribution in [3.8, 4) is 5.88 Å². The molecule has 1 heterocycles.